The molecule has 1 aliphatic carbocycles. The second-order valence-electron chi connectivity index (χ2n) is 8.00. The standard InChI is InChI=1S/C22H37N3S2/c1-17(2)26-24-16-18(3)20-10-12-22(13-11-20)21-8-6-19(7-9-21)14-15-23-27-25(4)5/h6-9,12,17-18,20,23-24H,10-11,13-16H2,1-5H3. The predicted octanol–water partition coefficient (Wildman–Crippen LogP) is 5.41. The molecule has 5 heteroatoms. The van der Waals surface area contributed by atoms with Gasteiger partial charge in [0, 0.05) is 30.5 Å². The number of allylic oxidation sites excluding steroid dienone is 2. The maximum absolute atomic E-state index is 3.54. The summed E-state index contributed by atoms with van der Waals surface area (Å²) in [6, 6.07) is 9.20. The molecule has 3 nitrogen and oxygen atoms in total. The average molecular weight is 408 g/mol. The molecule has 0 saturated heterocycles. The van der Waals surface area contributed by atoms with Crippen molar-refractivity contribution >= 4 is 29.7 Å². The van der Waals surface area contributed by atoms with E-state index in [1.54, 1.807) is 12.1 Å². The van der Waals surface area contributed by atoms with E-state index in [9.17, 15) is 0 Å². The van der Waals surface area contributed by atoms with Crippen molar-refractivity contribution in [1.29, 1.82) is 0 Å². The van der Waals surface area contributed by atoms with Crippen LogP contribution in [0, 0.1) is 11.8 Å². The molecule has 0 amide bonds. The van der Waals surface area contributed by atoms with E-state index in [4.69, 9.17) is 0 Å². The minimum absolute atomic E-state index is 0.653. The second kappa shape index (κ2) is 12.2. The molecule has 2 N–H and O–H groups in total. The van der Waals surface area contributed by atoms with Gasteiger partial charge in [0.2, 0.25) is 0 Å². The van der Waals surface area contributed by atoms with Crippen molar-refractivity contribution in [3.05, 3.63) is 41.5 Å². The highest BCUT2D eigenvalue weighted by Gasteiger charge is 2.21. The fourth-order valence-corrected chi connectivity index (χ4v) is 4.55. The summed E-state index contributed by atoms with van der Waals surface area (Å²) in [5, 5.41) is 0.653. The van der Waals surface area contributed by atoms with Crippen LogP contribution in [0.3, 0.4) is 0 Å². The Morgan fingerprint density at radius 1 is 1.11 bits per heavy atom. The quantitative estimate of drug-likeness (QED) is 0.378. The lowest BCUT2D eigenvalue weighted by atomic mass is 9.80. The Hall–Kier alpha value is -0.460. The molecule has 2 unspecified atom stereocenters. The average Bonchev–Trinajstić information content (AvgIpc) is 2.65. The highest BCUT2D eigenvalue weighted by atomic mass is 32.2. The van der Waals surface area contributed by atoms with Crippen LogP contribution in [0.2, 0.25) is 0 Å². The third-order valence-corrected chi connectivity index (χ3v) is 6.57. The molecule has 0 aromatic heterocycles. The van der Waals surface area contributed by atoms with Crippen LogP contribution in [-0.4, -0.2) is 36.7 Å². The summed E-state index contributed by atoms with van der Waals surface area (Å²) >= 11 is 3.51. The Kier molecular flexibility index (Phi) is 10.3. The zero-order chi connectivity index (χ0) is 19.6. The van der Waals surface area contributed by atoms with E-state index in [1.807, 2.05) is 11.9 Å². The predicted molar refractivity (Wildman–Crippen MR) is 125 cm³/mol. The highest BCUT2D eigenvalue weighted by molar-refractivity contribution is 7.97. The molecule has 2 atom stereocenters. The topological polar surface area (TPSA) is 27.3 Å². The molecule has 1 aliphatic rings. The van der Waals surface area contributed by atoms with Crippen LogP contribution < -0.4 is 9.44 Å². The van der Waals surface area contributed by atoms with E-state index in [0.29, 0.717) is 5.25 Å². The summed E-state index contributed by atoms with van der Waals surface area (Å²) in [4.78, 5) is 0. The van der Waals surface area contributed by atoms with Crippen LogP contribution in [0.1, 0.15) is 51.2 Å². The second-order valence-corrected chi connectivity index (χ2v) is 10.7. The first-order valence-electron chi connectivity index (χ1n) is 10.2. The van der Waals surface area contributed by atoms with Crippen molar-refractivity contribution in [3.8, 4) is 0 Å². The van der Waals surface area contributed by atoms with Gasteiger partial charge >= 0.3 is 0 Å². The lowest BCUT2D eigenvalue weighted by molar-refractivity contribution is 0.336. The molecule has 0 spiro atoms. The molecule has 0 saturated carbocycles. The van der Waals surface area contributed by atoms with Crippen molar-refractivity contribution in [3.63, 3.8) is 0 Å². The van der Waals surface area contributed by atoms with E-state index < -0.39 is 0 Å². The Morgan fingerprint density at radius 2 is 1.85 bits per heavy atom. The Bertz CT molecular complexity index is 569. The molecule has 0 aliphatic heterocycles. The van der Waals surface area contributed by atoms with Gasteiger partial charge in [-0.25, -0.2) is 4.31 Å². The Balaban J connectivity index is 1.77. The van der Waals surface area contributed by atoms with Gasteiger partial charge < -0.3 is 0 Å². The number of hydrogen-bond acceptors (Lipinski definition) is 5. The van der Waals surface area contributed by atoms with E-state index in [2.05, 4.69) is 79.0 Å². The molecule has 1 aromatic rings. The SMILES string of the molecule is CC(C)SNCC(C)C1CC=C(c2ccc(CCNSN(C)C)cc2)CC1. The maximum Gasteiger partial charge on any atom is 0.0136 e. The monoisotopic (exact) mass is 407 g/mol. The Morgan fingerprint density at radius 3 is 2.44 bits per heavy atom. The molecule has 0 bridgehead atoms. The van der Waals surface area contributed by atoms with Crippen LogP contribution in [0.4, 0.5) is 0 Å². The number of rotatable bonds is 11. The summed E-state index contributed by atoms with van der Waals surface area (Å²) in [6.45, 7) is 8.99. The van der Waals surface area contributed by atoms with Crippen LogP contribution in [0.25, 0.3) is 5.57 Å². The minimum Gasteiger partial charge on any atom is -0.264 e. The third-order valence-electron chi connectivity index (χ3n) is 5.07. The summed E-state index contributed by atoms with van der Waals surface area (Å²) in [7, 11) is 4.10. The first-order chi connectivity index (χ1) is 13.0. The molecule has 2 rings (SSSR count). The van der Waals surface area contributed by atoms with Gasteiger partial charge in [0.1, 0.15) is 0 Å². The minimum atomic E-state index is 0.653. The number of nitrogens with zero attached hydrogens (tertiary/aromatic N) is 1. The highest BCUT2D eigenvalue weighted by Crippen LogP contribution is 2.34. The molecule has 0 heterocycles. The van der Waals surface area contributed by atoms with Crippen LogP contribution in [-0.2, 0) is 6.42 Å². The van der Waals surface area contributed by atoms with Gasteiger partial charge in [-0.3, -0.25) is 9.44 Å². The van der Waals surface area contributed by atoms with E-state index in [0.717, 1.165) is 31.3 Å². The van der Waals surface area contributed by atoms with Gasteiger partial charge in [0.25, 0.3) is 0 Å². The van der Waals surface area contributed by atoms with E-state index >= 15 is 0 Å². The molecule has 152 valence electrons. The van der Waals surface area contributed by atoms with Gasteiger partial charge in [0.15, 0.2) is 0 Å². The molecule has 0 radical (unpaired) electrons. The van der Waals surface area contributed by atoms with Gasteiger partial charge in [-0.05, 0) is 68.3 Å². The fraction of sp³-hybridized carbons (Fsp3) is 0.636. The number of nitrogens with one attached hydrogen (secondary N) is 2. The summed E-state index contributed by atoms with van der Waals surface area (Å²) < 4.78 is 8.99. The van der Waals surface area contributed by atoms with Crippen LogP contribution in [0.15, 0.2) is 30.3 Å². The largest absolute Gasteiger partial charge is 0.264 e. The van der Waals surface area contributed by atoms with Crippen molar-refractivity contribution in [2.45, 2.75) is 51.7 Å². The molecule has 0 fully saturated rings. The van der Waals surface area contributed by atoms with Gasteiger partial charge in [0.05, 0.1) is 0 Å². The van der Waals surface area contributed by atoms with E-state index in [-0.39, 0.29) is 0 Å². The van der Waals surface area contributed by atoms with Crippen molar-refractivity contribution in [2.75, 3.05) is 27.2 Å². The smallest absolute Gasteiger partial charge is 0.0136 e. The van der Waals surface area contributed by atoms with Crippen LogP contribution in [0.5, 0.6) is 0 Å². The van der Waals surface area contributed by atoms with Gasteiger partial charge in [-0.2, -0.15) is 0 Å². The summed E-state index contributed by atoms with van der Waals surface area (Å²) in [6.07, 6.45) is 7.31. The number of hydrogen-bond donors (Lipinski definition) is 2. The van der Waals surface area contributed by atoms with Gasteiger partial charge in [-0.15, -0.1) is 0 Å². The van der Waals surface area contributed by atoms with Crippen molar-refractivity contribution < 1.29 is 0 Å². The lowest BCUT2D eigenvalue weighted by Gasteiger charge is -2.28. The maximum atomic E-state index is 3.54. The lowest BCUT2D eigenvalue weighted by Crippen LogP contribution is -2.24. The first-order valence-corrected chi connectivity index (χ1v) is 11.8. The van der Waals surface area contributed by atoms with Crippen molar-refractivity contribution in [1.82, 2.24) is 13.7 Å². The fourth-order valence-electron chi connectivity index (χ4n) is 3.40. The number of benzene rings is 1. The summed E-state index contributed by atoms with van der Waals surface area (Å²) in [5.74, 6) is 1.55. The Labute approximate surface area is 175 Å². The molecule has 1 aromatic carbocycles. The third kappa shape index (κ3) is 8.61. The normalized spacial score (nSPS) is 18.8. The summed E-state index contributed by atoms with van der Waals surface area (Å²) in [5.41, 5.74) is 4.35. The van der Waals surface area contributed by atoms with E-state index in [1.165, 1.54) is 36.0 Å². The van der Waals surface area contributed by atoms with Crippen molar-refractivity contribution in [2.24, 2.45) is 11.8 Å². The molecular weight excluding hydrogens is 370 g/mol. The molecular formula is C22H37N3S2. The van der Waals surface area contributed by atoms with Gasteiger partial charge in [-0.1, -0.05) is 63.1 Å². The molecule has 27 heavy (non-hydrogen) atoms. The van der Waals surface area contributed by atoms with Crippen LogP contribution >= 0.6 is 24.1 Å². The first kappa shape index (κ1) is 22.8. The zero-order valence-corrected chi connectivity index (χ0v) is 19.3. The zero-order valence-electron chi connectivity index (χ0n) is 17.6.